The molecule has 1 amide bonds. The number of hydrogen-bond donors (Lipinski definition) is 2. The molecule has 4 N–H and O–H groups in total. The second kappa shape index (κ2) is 5.05. The van der Waals surface area contributed by atoms with E-state index in [1.165, 1.54) is 6.07 Å². The topological polar surface area (TPSA) is 81.6 Å². The predicted molar refractivity (Wildman–Crippen MR) is 71.6 cm³/mol. The van der Waals surface area contributed by atoms with Crippen LogP contribution in [0.1, 0.15) is 24.2 Å². The van der Waals surface area contributed by atoms with E-state index in [1.807, 2.05) is 18.7 Å². The number of amides is 1. The van der Waals surface area contributed by atoms with Crippen molar-refractivity contribution in [1.29, 1.82) is 0 Å². The van der Waals surface area contributed by atoms with Gasteiger partial charge in [-0.1, -0.05) is 0 Å². The van der Waals surface area contributed by atoms with Crippen LogP contribution in [0.3, 0.4) is 0 Å². The van der Waals surface area contributed by atoms with Crippen molar-refractivity contribution in [3.05, 3.63) is 23.5 Å². The van der Waals surface area contributed by atoms with Gasteiger partial charge >= 0.3 is 0 Å². The Bertz CT molecular complexity index is 497. The fraction of sp³-hybridized carbons (Fsp3) is 0.462. The van der Waals surface area contributed by atoms with Gasteiger partial charge in [0.15, 0.2) is 0 Å². The van der Waals surface area contributed by atoms with Gasteiger partial charge < -0.3 is 21.1 Å². The van der Waals surface area contributed by atoms with Crippen LogP contribution in [0.4, 0.5) is 15.8 Å². The van der Waals surface area contributed by atoms with Crippen molar-refractivity contribution in [2.24, 2.45) is 5.73 Å². The van der Waals surface area contributed by atoms with Crippen LogP contribution in [0.25, 0.3) is 0 Å². The van der Waals surface area contributed by atoms with E-state index in [0.717, 1.165) is 6.07 Å². The number of rotatable bonds is 2. The van der Waals surface area contributed by atoms with Gasteiger partial charge in [0.2, 0.25) is 0 Å². The monoisotopic (exact) mass is 267 g/mol. The average Bonchev–Trinajstić information content (AvgIpc) is 2.26. The summed E-state index contributed by atoms with van der Waals surface area (Å²) in [4.78, 5) is 13.1. The molecule has 2 atom stereocenters. The minimum Gasteiger partial charge on any atom is -0.398 e. The zero-order valence-corrected chi connectivity index (χ0v) is 11.0. The third-order valence-corrected chi connectivity index (χ3v) is 3.14. The molecule has 5 nitrogen and oxygen atoms in total. The van der Waals surface area contributed by atoms with E-state index >= 15 is 0 Å². The van der Waals surface area contributed by atoms with Crippen molar-refractivity contribution in [3.63, 3.8) is 0 Å². The van der Waals surface area contributed by atoms with E-state index in [1.54, 1.807) is 0 Å². The molecule has 0 aromatic heterocycles. The Hall–Kier alpha value is -1.82. The first-order valence-corrected chi connectivity index (χ1v) is 6.17. The maximum atomic E-state index is 14.0. The third kappa shape index (κ3) is 2.78. The number of primary amides is 1. The second-order valence-corrected chi connectivity index (χ2v) is 4.92. The van der Waals surface area contributed by atoms with E-state index in [2.05, 4.69) is 0 Å². The number of nitrogen functional groups attached to an aromatic ring is 1. The lowest BCUT2D eigenvalue weighted by molar-refractivity contribution is -0.00539. The number of halogens is 1. The van der Waals surface area contributed by atoms with Crippen molar-refractivity contribution < 1.29 is 13.9 Å². The van der Waals surface area contributed by atoms with Crippen LogP contribution in [0.15, 0.2) is 12.1 Å². The van der Waals surface area contributed by atoms with Crippen molar-refractivity contribution in [3.8, 4) is 0 Å². The molecule has 0 spiro atoms. The molecule has 1 heterocycles. The van der Waals surface area contributed by atoms with E-state index < -0.39 is 11.7 Å². The fourth-order valence-electron chi connectivity index (χ4n) is 2.41. The smallest absolute Gasteiger partial charge is 0.250 e. The maximum Gasteiger partial charge on any atom is 0.250 e. The lowest BCUT2D eigenvalue weighted by Gasteiger charge is -2.37. The zero-order valence-electron chi connectivity index (χ0n) is 11.0. The van der Waals surface area contributed by atoms with Gasteiger partial charge in [0, 0.05) is 18.8 Å². The number of carbonyl (C=O) groups is 1. The van der Waals surface area contributed by atoms with Gasteiger partial charge in [0.25, 0.3) is 5.91 Å². The van der Waals surface area contributed by atoms with Gasteiger partial charge in [-0.25, -0.2) is 4.39 Å². The Balaban J connectivity index is 2.38. The summed E-state index contributed by atoms with van der Waals surface area (Å²) in [6.07, 6.45) is -0.00420. The lowest BCUT2D eigenvalue weighted by atomic mass is 10.1. The normalized spacial score (nSPS) is 23.4. The summed E-state index contributed by atoms with van der Waals surface area (Å²) in [5.74, 6) is -1.11. The Morgan fingerprint density at radius 2 is 1.95 bits per heavy atom. The van der Waals surface area contributed by atoms with Crippen LogP contribution >= 0.6 is 0 Å². The Kier molecular flexibility index (Phi) is 3.61. The lowest BCUT2D eigenvalue weighted by Crippen LogP contribution is -2.46. The van der Waals surface area contributed by atoms with Gasteiger partial charge in [-0.05, 0) is 26.0 Å². The first kappa shape index (κ1) is 13.6. The molecule has 1 saturated heterocycles. The summed E-state index contributed by atoms with van der Waals surface area (Å²) in [6, 6.07) is 2.55. The summed E-state index contributed by atoms with van der Waals surface area (Å²) in [5.41, 5.74) is 11.4. The van der Waals surface area contributed by atoms with Crippen LogP contribution in [0.2, 0.25) is 0 Å². The summed E-state index contributed by atoms with van der Waals surface area (Å²) >= 11 is 0. The maximum absolute atomic E-state index is 14.0. The number of morpholine rings is 1. The molecule has 1 aliphatic heterocycles. The van der Waals surface area contributed by atoms with E-state index in [4.69, 9.17) is 16.2 Å². The number of carbonyl (C=O) groups excluding carboxylic acids is 1. The van der Waals surface area contributed by atoms with Gasteiger partial charge in [0.1, 0.15) is 5.82 Å². The van der Waals surface area contributed by atoms with E-state index in [0.29, 0.717) is 18.8 Å². The van der Waals surface area contributed by atoms with Crippen LogP contribution in [0.5, 0.6) is 0 Å². The molecular weight excluding hydrogens is 249 g/mol. The average molecular weight is 267 g/mol. The quantitative estimate of drug-likeness (QED) is 0.787. The molecule has 104 valence electrons. The first-order chi connectivity index (χ1) is 8.88. The molecule has 1 aliphatic rings. The minimum absolute atomic E-state index is 0.00210. The van der Waals surface area contributed by atoms with Crippen LogP contribution in [0, 0.1) is 5.82 Å². The molecule has 1 aromatic rings. The van der Waals surface area contributed by atoms with Gasteiger partial charge in [-0.15, -0.1) is 0 Å². The molecule has 1 aromatic carbocycles. The highest BCUT2D eigenvalue weighted by Gasteiger charge is 2.25. The largest absolute Gasteiger partial charge is 0.398 e. The SMILES string of the molecule is C[C@@H]1CN(c2cc(C(N)=O)c(N)cc2F)C[C@H](C)O1. The summed E-state index contributed by atoms with van der Waals surface area (Å²) in [5, 5.41) is 0. The minimum atomic E-state index is -0.659. The molecule has 2 rings (SSSR count). The van der Waals surface area contributed by atoms with Crippen LogP contribution < -0.4 is 16.4 Å². The first-order valence-electron chi connectivity index (χ1n) is 6.17. The molecule has 1 fully saturated rings. The van der Waals surface area contributed by atoms with Crippen LogP contribution in [-0.4, -0.2) is 31.2 Å². The molecule has 0 unspecified atom stereocenters. The molecule has 19 heavy (non-hydrogen) atoms. The highest BCUT2D eigenvalue weighted by molar-refractivity contribution is 5.99. The van der Waals surface area contributed by atoms with Gasteiger partial charge in [-0.2, -0.15) is 0 Å². The Morgan fingerprint density at radius 3 is 2.47 bits per heavy atom. The Morgan fingerprint density at radius 1 is 1.37 bits per heavy atom. The molecular formula is C13H18FN3O2. The number of anilines is 2. The van der Waals surface area contributed by atoms with Gasteiger partial charge in [0.05, 0.1) is 23.5 Å². The fourth-order valence-corrected chi connectivity index (χ4v) is 2.41. The predicted octanol–water partition coefficient (Wildman–Crippen LogP) is 1.12. The molecule has 0 saturated carbocycles. The zero-order chi connectivity index (χ0) is 14.2. The summed E-state index contributed by atoms with van der Waals surface area (Å²) < 4.78 is 19.6. The summed E-state index contributed by atoms with van der Waals surface area (Å²) in [6.45, 7) is 4.96. The molecule has 0 bridgehead atoms. The number of benzene rings is 1. The van der Waals surface area contributed by atoms with E-state index in [-0.39, 0.29) is 23.5 Å². The molecule has 6 heteroatoms. The van der Waals surface area contributed by atoms with Crippen molar-refractivity contribution in [2.45, 2.75) is 26.1 Å². The van der Waals surface area contributed by atoms with Crippen molar-refractivity contribution in [2.75, 3.05) is 23.7 Å². The highest BCUT2D eigenvalue weighted by Crippen LogP contribution is 2.27. The third-order valence-electron chi connectivity index (χ3n) is 3.14. The van der Waals surface area contributed by atoms with Crippen molar-refractivity contribution >= 4 is 17.3 Å². The number of hydrogen-bond acceptors (Lipinski definition) is 4. The van der Waals surface area contributed by atoms with E-state index in [9.17, 15) is 9.18 Å². The summed E-state index contributed by atoms with van der Waals surface area (Å²) in [7, 11) is 0. The standard InChI is InChI=1S/C13H18FN3O2/c1-7-5-17(6-8(2)19-7)12-3-9(13(16)18)11(15)4-10(12)14/h3-4,7-8H,5-6,15H2,1-2H3,(H2,16,18)/t7-,8+. The van der Waals surface area contributed by atoms with Crippen molar-refractivity contribution in [1.82, 2.24) is 0 Å². The number of nitrogens with two attached hydrogens (primary N) is 2. The second-order valence-electron chi connectivity index (χ2n) is 4.92. The highest BCUT2D eigenvalue weighted by atomic mass is 19.1. The molecule has 0 aliphatic carbocycles. The molecule has 0 radical (unpaired) electrons. The number of nitrogens with zero attached hydrogens (tertiary/aromatic N) is 1. The number of ether oxygens (including phenoxy) is 1. The Labute approximate surface area is 111 Å². The van der Waals surface area contributed by atoms with Crippen LogP contribution in [-0.2, 0) is 4.74 Å². The van der Waals surface area contributed by atoms with Gasteiger partial charge in [-0.3, -0.25) is 4.79 Å².